The van der Waals surface area contributed by atoms with Gasteiger partial charge in [0.05, 0.1) is 36.1 Å². The Balaban J connectivity index is 1.33. The molecule has 0 bridgehead atoms. The van der Waals surface area contributed by atoms with Gasteiger partial charge in [-0.2, -0.15) is 5.10 Å². The van der Waals surface area contributed by atoms with Crippen LogP contribution in [-0.4, -0.2) is 65.6 Å². The molecule has 9 heteroatoms. The van der Waals surface area contributed by atoms with Gasteiger partial charge in [-0.1, -0.05) is 5.21 Å². The molecule has 0 radical (unpaired) electrons. The van der Waals surface area contributed by atoms with E-state index >= 15 is 0 Å². The van der Waals surface area contributed by atoms with Crippen molar-refractivity contribution in [2.24, 2.45) is 7.05 Å². The first-order chi connectivity index (χ1) is 15.0. The second-order valence-electron chi connectivity index (χ2n) is 8.21. The number of ketones is 1. The maximum atomic E-state index is 12.9. The number of pyridine rings is 2. The molecule has 0 amide bonds. The molecule has 0 aliphatic carbocycles. The maximum absolute atomic E-state index is 12.9. The van der Waals surface area contributed by atoms with Crippen LogP contribution in [0.15, 0.2) is 43.1 Å². The van der Waals surface area contributed by atoms with Gasteiger partial charge < -0.3 is 4.90 Å². The van der Waals surface area contributed by atoms with Crippen LogP contribution in [0.25, 0.3) is 22.2 Å². The highest BCUT2D eigenvalue weighted by Crippen LogP contribution is 2.23. The lowest BCUT2D eigenvalue weighted by Gasteiger charge is -2.28. The van der Waals surface area contributed by atoms with E-state index in [0.29, 0.717) is 17.3 Å². The molecular weight excluding hydrogens is 392 g/mol. The Kier molecular flexibility index (Phi) is 5.03. The SMILES string of the molecule is CN1CCC(n2cc(C(=O)Cc3cc4cc(-c5cn(C)nn5)ncc4cn3)cn2)CC1. The van der Waals surface area contributed by atoms with Crippen LogP contribution in [0, 0.1) is 0 Å². The third-order valence-corrected chi connectivity index (χ3v) is 5.85. The van der Waals surface area contributed by atoms with Gasteiger partial charge in [-0.25, -0.2) is 0 Å². The molecule has 0 N–H and O–H groups in total. The Morgan fingerprint density at radius 2 is 1.81 bits per heavy atom. The van der Waals surface area contributed by atoms with Gasteiger partial charge in [0.2, 0.25) is 0 Å². The summed E-state index contributed by atoms with van der Waals surface area (Å²) in [5.41, 5.74) is 2.81. The maximum Gasteiger partial charge on any atom is 0.171 e. The van der Waals surface area contributed by atoms with Crippen molar-refractivity contribution in [2.75, 3.05) is 20.1 Å². The summed E-state index contributed by atoms with van der Waals surface area (Å²) in [5.74, 6) is 0.0224. The number of rotatable bonds is 5. The summed E-state index contributed by atoms with van der Waals surface area (Å²) in [6, 6.07) is 4.26. The molecule has 0 spiro atoms. The number of carbonyl (C=O) groups is 1. The van der Waals surface area contributed by atoms with Gasteiger partial charge in [-0.15, -0.1) is 5.10 Å². The quantitative estimate of drug-likeness (QED) is 0.461. The highest BCUT2D eigenvalue weighted by atomic mass is 16.1. The van der Waals surface area contributed by atoms with Crippen LogP contribution < -0.4 is 0 Å². The molecular formula is C22H24N8O. The summed E-state index contributed by atoms with van der Waals surface area (Å²) in [4.78, 5) is 24.1. The molecule has 0 atom stereocenters. The normalized spacial score (nSPS) is 15.5. The van der Waals surface area contributed by atoms with Crippen molar-refractivity contribution in [3.8, 4) is 11.4 Å². The molecule has 0 saturated carbocycles. The zero-order valence-corrected chi connectivity index (χ0v) is 17.6. The lowest BCUT2D eigenvalue weighted by molar-refractivity contribution is 0.0991. The number of hydrogen-bond donors (Lipinski definition) is 0. The molecule has 5 heterocycles. The largest absolute Gasteiger partial charge is 0.306 e. The molecule has 9 nitrogen and oxygen atoms in total. The van der Waals surface area contributed by atoms with Gasteiger partial charge in [0.15, 0.2) is 5.78 Å². The molecule has 0 unspecified atom stereocenters. The summed E-state index contributed by atoms with van der Waals surface area (Å²) >= 11 is 0. The van der Waals surface area contributed by atoms with E-state index in [-0.39, 0.29) is 12.2 Å². The van der Waals surface area contributed by atoms with Crippen LogP contribution in [0.4, 0.5) is 0 Å². The van der Waals surface area contributed by atoms with E-state index in [4.69, 9.17) is 0 Å². The van der Waals surface area contributed by atoms with E-state index in [1.807, 2.05) is 36.3 Å². The van der Waals surface area contributed by atoms with Crippen molar-refractivity contribution in [1.82, 2.24) is 39.6 Å². The number of likely N-dealkylation sites (tertiary alicyclic amines) is 1. The molecule has 31 heavy (non-hydrogen) atoms. The fourth-order valence-electron chi connectivity index (χ4n) is 3.99. The number of carbonyl (C=O) groups excluding carboxylic acids is 1. The minimum atomic E-state index is 0.0224. The molecule has 1 aliphatic rings. The van der Waals surface area contributed by atoms with Crippen LogP contribution >= 0.6 is 0 Å². The monoisotopic (exact) mass is 416 g/mol. The van der Waals surface area contributed by atoms with Gasteiger partial charge in [0, 0.05) is 36.7 Å². The van der Waals surface area contributed by atoms with Gasteiger partial charge in [-0.05, 0) is 50.5 Å². The van der Waals surface area contributed by atoms with E-state index in [0.717, 1.165) is 48.1 Å². The average molecular weight is 416 g/mol. The average Bonchev–Trinajstić information content (AvgIpc) is 3.43. The Labute approximate surface area is 179 Å². The second-order valence-corrected chi connectivity index (χ2v) is 8.21. The van der Waals surface area contributed by atoms with E-state index < -0.39 is 0 Å². The number of fused-ring (bicyclic) bond motifs is 1. The smallest absolute Gasteiger partial charge is 0.171 e. The second kappa shape index (κ2) is 7.99. The minimum absolute atomic E-state index is 0.0224. The Morgan fingerprint density at radius 1 is 1.00 bits per heavy atom. The first-order valence-electron chi connectivity index (χ1n) is 10.4. The molecule has 158 valence electrons. The van der Waals surface area contributed by atoms with Crippen LogP contribution in [0.1, 0.15) is 34.9 Å². The number of aryl methyl sites for hydroxylation is 1. The zero-order valence-electron chi connectivity index (χ0n) is 17.6. The summed E-state index contributed by atoms with van der Waals surface area (Å²) in [6.45, 7) is 2.11. The van der Waals surface area contributed by atoms with Crippen molar-refractivity contribution >= 4 is 16.6 Å². The predicted molar refractivity (Wildman–Crippen MR) is 116 cm³/mol. The Bertz CT molecular complexity index is 1240. The fourth-order valence-corrected chi connectivity index (χ4v) is 3.99. The summed E-state index contributed by atoms with van der Waals surface area (Å²) in [7, 11) is 3.96. The lowest BCUT2D eigenvalue weighted by Crippen LogP contribution is -2.31. The molecule has 1 aliphatic heterocycles. The number of nitrogens with zero attached hydrogens (tertiary/aromatic N) is 8. The predicted octanol–water partition coefficient (Wildman–Crippen LogP) is 2.31. The number of aromatic nitrogens is 7. The highest BCUT2D eigenvalue weighted by molar-refractivity contribution is 5.97. The Hall–Kier alpha value is -3.46. The minimum Gasteiger partial charge on any atom is -0.306 e. The van der Waals surface area contributed by atoms with Crippen molar-refractivity contribution in [3.05, 3.63) is 54.4 Å². The van der Waals surface area contributed by atoms with E-state index in [9.17, 15) is 4.79 Å². The van der Waals surface area contributed by atoms with E-state index in [2.05, 4.69) is 37.3 Å². The Morgan fingerprint density at radius 3 is 2.58 bits per heavy atom. The summed E-state index contributed by atoms with van der Waals surface area (Å²) in [6.07, 6.45) is 11.3. The van der Waals surface area contributed by atoms with Crippen LogP contribution in [-0.2, 0) is 13.5 Å². The fraction of sp³-hybridized carbons (Fsp3) is 0.364. The third kappa shape index (κ3) is 4.09. The van der Waals surface area contributed by atoms with Gasteiger partial charge in [-0.3, -0.25) is 24.1 Å². The van der Waals surface area contributed by atoms with Crippen molar-refractivity contribution in [2.45, 2.75) is 25.3 Å². The van der Waals surface area contributed by atoms with Crippen molar-refractivity contribution in [1.29, 1.82) is 0 Å². The summed E-state index contributed by atoms with van der Waals surface area (Å²) < 4.78 is 3.59. The molecule has 1 saturated heterocycles. The van der Waals surface area contributed by atoms with Gasteiger partial charge >= 0.3 is 0 Å². The standard InChI is InChI=1S/C22H24N8O/c1-28-5-3-19(4-6-28)30-13-17(12-25-30)22(31)9-18-7-15-8-20(21-14-29(2)27-26-21)24-11-16(15)10-23-18/h7-8,10-14,19H,3-6,9H2,1-2H3. The van der Waals surface area contributed by atoms with Crippen LogP contribution in [0.2, 0.25) is 0 Å². The number of hydrogen-bond acceptors (Lipinski definition) is 7. The number of piperidine rings is 1. The first kappa shape index (κ1) is 19.5. The first-order valence-corrected chi connectivity index (χ1v) is 10.4. The van der Waals surface area contributed by atoms with Crippen molar-refractivity contribution in [3.63, 3.8) is 0 Å². The number of Topliss-reactive ketones (excluding diaryl/α,β-unsaturated/α-hetero) is 1. The molecule has 4 aromatic rings. The lowest BCUT2D eigenvalue weighted by atomic mass is 10.1. The van der Waals surface area contributed by atoms with Gasteiger partial charge in [0.1, 0.15) is 5.69 Å². The third-order valence-electron chi connectivity index (χ3n) is 5.85. The molecule has 1 fully saturated rings. The highest BCUT2D eigenvalue weighted by Gasteiger charge is 2.20. The molecule has 5 rings (SSSR count). The van der Waals surface area contributed by atoms with E-state index in [1.165, 1.54) is 0 Å². The summed E-state index contributed by atoms with van der Waals surface area (Å²) in [5, 5.41) is 14.4. The zero-order chi connectivity index (χ0) is 21.4. The van der Waals surface area contributed by atoms with Crippen molar-refractivity contribution < 1.29 is 4.79 Å². The van der Waals surface area contributed by atoms with Crippen LogP contribution in [0.3, 0.4) is 0 Å². The molecule has 4 aromatic heterocycles. The topological polar surface area (TPSA) is 94.6 Å². The van der Waals surface area contributed by atoms with Crippen LogP contribution in [0.5, 0.6) is 0 Å². The van der Waals surface area contributed by atoms with Gasteiger partial charge in [0.25, 0.3) is 0 Å². The van der Waals surface area contributed by atoms with E-state index in [1.54, 1.807) is 23.3 Å². The molecule has 0 aromatic carbocycles.